The van der Waals surface area contributed by atoms with Crippen molar-refractivity contribution in [3.05, 3.63) is 223 Å². The fraction of sp³-hybridized carbons (Fsp3) is 0.0508. The van der Waals surface area contributed by atoms with Gasteiger partial charge >= 0.3 is 0 Å². The molecule has 1 heterocycles. The first kappa shape index (κ1) is 36.0. The van der Waals surface area contributed by atoms with Gasteiger partial charge in [0.15, 0.2) is 0 Å². The van der Waals surface area contributed by atoms with Gasteiger partial charge < -0.3 is 4.90 Å². The zero-order valence-corrected chi connectivity index (χ0v) is 34.5. The summed E-state index contributed by atoms with van der Waals surface area (Å²) in [5.41, 5.74) is 16.8. The lowest BCUT2D eigenvalue weighted by Gasteiger charge is -2.28. The summed E-state index contributed by atoms with van der Waals surface area (Å²) >= 11 is 0. The molecule has 0 saturated carbocycles. The van der Waals surface area contributed by atoms with E-state index < -0.39 is 0 Å². The fourth-order valence-corrected chi connectivity index (χ4v) is 9.85. The number of nitrogens with zero attached hydrogens (tertiary/aromatic N) is 3. The molecule has 0 atom stereocenters. The number of benzene rings is 10. The monoisotopic (exact) mass is 791 g/mol. The van der Waals surface area contributed by atoms with Gasteiger partial charge in [-0.25, -0.2) is 9.97 Å². The fourth-order valence-electron chi connectivity index (χ4n) is 9.85. The van der Waals surface area contributed by atoms with Crippen LogP contribution >= 0.6 is 0 Å². The zero-order valence-electron chi connectivity index (χ0n) is 34.5. The van der Waals surface area contributed by atoms with Crippen LogP contribution in [0.3, 0.4) is 0 Å². The van der Waals surface area contributed by atoms with Crippen molar-refractivity contribution in [2.45, 2.75) is 19.3 Å². The smallest absolute Gasteiger partial charge is 0.0979 e. The number of hydrogen-bond donors (Lipinski definition) is 0. The van der Waals surface area contributed by atoms with Crippen molar-refractivity contribution in [2.24, 2.45) is 0 Å². The van der Waals surface area contributed by atoms with Gasteiger partial charge in [0.1, 0.15) is 0 Å². The second kappa shape index (κ2) is 14.1. The zero-order chi connectivity index (χ0) is 41.4. The Morgan fingerprint density at radius 3 is 1.69 bits per heavy atom. The first-order valence-corrected chi connectivity index (χ1v) is 21.4. The Balaban J connectivity index is 0.934. The van der Waals surface area contributed by atoms with E-state index >= 15 is 0 Å². The molecular formula is C59H41N3. The summed E-state index contributed by atoms with van der Waals surface area (Å²) in [6, 6.07) is 76.6. The van der Waals surface area contributed by atoms with Gasteiger partial charge in [0.05, 0.1) is 22.4 Å². The van der Waals surface area contributed by atoms with Crippen molar-refractivity contribution in [2.75, 3.05) is 4.90 Å². The van der Waals surface area contributed by atoms with E-state index in [0.29, 0.717) is 0 Å². The molecule has 0 aliphatic heterocycles. The Kier molecular flexibility index (Phi) is 8.20. The molecule has 1 aliphatic rings. The first-order chi connectivity index (χ1) is 30.5. The molecule has 0 spiro atoms. The van der Waals surface area contributed by atoms with Crippen LogP contribution in [-0.2, 0) is 5.41 Å². The highest BCUT2D eigenvalue weighted by Gasteiger charge is 2.35. The molecule has 3 nitrogen and oxygen atoms in total. The molecule has 62 heavy (non-hydrogen) atoms. The summed E-state index contributed by atoms with van der Waals surface area (Å²) < 4.78 is 0. The van der Waals surface area contributed by atoms with Crippen molar-refractivity contribution >= 4 is 60.4 Å². The Labute approximate surface area is 361 Å². The summed E-state index contributed by atoms with van der Waals surface area (Å²) in [7, 11) is 0. The van der Waals surface area contributed by atoms with Crippen LogP contribution in [0.15, 0.2) is 212 Å². The minimum atomic E-state index is -0.0830. The van der Waals surface area contributed by atoms with Crippen molar-refractivity contribution < 1.29 is 0 Å². The predicted molar refractivity (Wildman–Crippen MR) is 261 cm³/mol. The molecule has 0 fully saturated rings. The molecule has 1 aliphatic carbocycles. The van der Waals surface area contributed by atoms with Crippen LogP contribution in [0.5, 0.6) is 0 Å². The predicted octanol–water partition coefficient (Wildman–Crippen LogP) is 15.9. The van der Waals surface area contributed by atoms with Gasteiger partial charge in [-0.3, -0.25) is 0 Å². The van der Waals surface area contributed by atoms with E-state index in [2.05, 4.69) is 219 Å². The van der Waals surface area contributed by atoms with Crippen LogP contribution in [0.25, 0.3) is 88.1 Å². The molecular weight excluding hydrogens is 751 g/mol. The van der Waals surface area contributed by atoms with Crippen LogP contribution in [0, 0.1) is 0 Å². The number of para-hydroxylation sites is 1. The molecule has 292 valence electrons. The molecule has 0 radical (unpaired) electrons. The maximum absolute atomic E-state index is 5.44. The molecule has 0 saturated heterocycles. The van der Waals surface area contributed by atoms with Crippen molar-refractivity contribution in [3.63, 3.8) is 0 Å². The molecule has 0 bridgehead atoms. The Morgan fingerprint density at radius 1 is 0.371 bits per heavy atom. The standard InChI is InChI=1S/C59H41N3/c1-59(2)52-21-13-12-20-50(52)51-32-30-48(37-53(51)59)62(46-18-10-5-11-19-46)47-29-26-42-34-41(23-24-44(42)36-47)43-27-31-49-45(35-43)25-22-38-28-33-54-58(55(38)49)61-57(40-16-8-4-9-17-40)56(60-54)39-14-6-3-7-15-39/h3-37H,1-2H3. The third kappa shape index (κ3) is 5.81. The Hall–Kier alpha value is -7.88. The minimum Gasteiger partial charge on any atom is -0.310 e. The number of anilines is 3. The highest BCUT2D eigenvalue weighted by atomic mass is 15.1. The normalized spacial score (nSPS) is 12.8. The SMILES string of the molecule is CC1(C)c2ccccc2-c2ccc(N(c3ccccc3)c3ccc4cc(-c5ccc6c(ccc7ccc8nc(-c9ccccc9)c(-c9ccccc9)nc8c76)c5)ccc4c3)cc21. The average Bonchev–Trinajstić information content (AvgIpc) is 3.56. The molecule has 11 aromatic rings. The number of hydrogen-bond acceptors (Lipinski definition) is 3. The Bertz CT molecular complexity index is 3540. The van der Waals surface area contributed by atoms with Gasteiger partial charge in [-0.2, -0.15) is 0 Å². The van der Waals surface area contributed by atoms with Crippen LogP contribution < -0.4 is 4.90 Å². The second-order valence-electron chi connectivity index (χ2n) is 17.0. The molecule has 0 N–H and O–H groups in total. The van der Waals surface area contributed by atoms with Crippen LogP contribution in [0.2, 0.25) is 0 Å². The summed E-state index contributed by atoms with van der Waals surface area (Å²) in [5.74, 6) is 0. The maximum Gasteiger partial charge on any atom is 0.0979 e. The minimum absolute atomic E-state index is 0.0830. The van der Waals surface area contributed by atoms with E-state index in [-0.39, 0.29) is 5.41 Å². The van der Waals surface area contributed by atoms with E-state index in [1.165, 1.54) is 54.9 Å². The van der Waals surface area contributed by atoms with E-state index in [4.69, 9.17) is 9.97 Å². The van der Waals surface area contributed by atoms with Crippen molar-refractivity contribution in [1.29, 1.82) is 0 Å². The lowest BCUT2D eigenvalue weighted by Crippen LogP contribution is -2.16. The van der Waals surface area contributed by atoms with E-state index in [1.54, 1.807) is 0 Å². The largest absolute Gasteiger partial charge is 0.310 e. The van der Waals surface area contributed by atoms with Crippen molar-refractivity contribution in [1.82, 2.24) is 9.97 Å². The van der Waals surface area contributed by atoms with Gasteiger partial charge in [-0.15, -0.1) is 0 Å². The molecule has 3 heteroatoms. The Morgan fingerprint density at radius 2 is 0.919 bits per heavy atom. The lowest BCUT2D eigenvalue weighted by molar-refractivity contribution is 0.660. The summed E-state index contributed by atoms with van der Waals surface area (Å²) in [4.78, 5) is 13.1. The molecule has 0 unspecified atom stereocenters. The number of aromatic nitrogens is 2. The average molecular weight is 792 g/mol. The highest BCUT2D eigenvalue weighted by Crippen LogP contribution is 2.51. The topological polar surface area (TPSA) is 29.0 Å². The van der Waals surface area contributed by atoms with E-state index in [0.717, 1.165) is 61.4 Å². The first-order valence-electron chi connectivity index (χ1n) is 21.4. The van der Waals surface area contributed by atoms with Gasteiger partial charge in [0, 0.05) is 39.0 Å². The molecule has 0 amide bonds. The van der Waals surface area contributed by atoms with Crippen LogP contribution in [-0.4, -0.2) is 9.97 Å². The number of fused-ring (bicyclic) bond motifs is 9. The summed E-state index contributed by atoms with van der Waals surface area (Å²) in [6.45, 7) is 4.69. The quantitative estimate of drug-likeness (QED) is 0.157. The van der Waals surface area contributed by atoms with Crippen LogP contribution in [0.4, 0.5) is 17.1 Å². The highest BCUT2D eigenvalue weighted by molar-refractivity contribution is 6.19. The van der Waals surface area contributed by atoms with Crippen molar-refractivity contribution in [3.8, 4) is 44.8 Å². The molecule has 1 aromatic heterocycles. The van der Waals surface area contributed by atoms with E-state index in [9.17, 15) is 0 Å². The summed E-state index contributed by atoms with van der Waals surface area (Å²) in [6.07, 6.45) is 0. The third-order valence-corrected chi connectivity index (χ3v) is 13.0. The number of rotatable bonds is 6. The molecule has 10 aromatic carbocycles. The third-order valence-electron chi connectivity index (χ3n) is 13.0. The second-order valence-corrected chi connectivity index (χ2v) is 17.0. The van der Waals surface area contributed by atoms with Crippen LogP contribution in [0.1, 0.15) is 25.0 Å². The maximum atomic E-state index is 5.44. The van der Waals surface area contributed by atoms with Gasteiger partial charge in [0.25, 0.3) is 0 Å². The van der Waals surface area contributed by atoms with Gasteiger partial charge in [-0.1, -0.05) is 172 Å². The lowest BCUT2D eigenvalue weighted by atomic mass is 9.82. The van der Waals surface area contributed by atoms with E-state index in [1.807, 2.05) is 12.1 Å². The van der Waals surface area contributed by atoms with Gasteiger partial charge in [0.2, 0.25) is 0 Å². The van der Waals surface area contributed by atoms with Gasteiger partial charge in [-0.05, 0) is 115 Å². The summed E-state index contributed by atoms with van der Waals surface area (Å²) in [5, 5.41) is 7.02. The molecule has 12 rings (SSSR count).